The maximum absolute atomic E-state index is 12.6. The number of amides is 1. The molecule has 1 saturated heterocycles. The van der Waals surface area contributed by atoms with Gasteiger partial charge in [0.25, 0.3) is 5.91 Å². The SMILES string of the molecule is Cc1cncc(C(=O)N2CCC(Oc3cc(C)ccc3C)CC2)c1. The molecule has 1 aromatic carbocycles. The van der Waals surface area contributed by atoms with Crippen molar-refractivity contribution >= 4 is 5.91 Å². The van der Waals surface area contributed by atoms with Gasteiger partial charge >= 0.3 is 0 Å². The summed E-state index contributed by atoms with van der Waals surface area (Å²) in [6.07, 6.45) is 5.30. The van der Waals surface area contributed by atoms with Crippen LogP contribution in [-0.4, -0.2) is 35.0 Å². The number of carbonyl (C=O) groups excluding carboxylic acids is 1. The Hall–Kier alpha value is -2.36. The van der Waals surface area contributed by atoms with Crippen LogP contribution in [0.3, 0.4) is 0 Å². The van der Waals surface area contributed by atoms with Crippen molar-refractivity contribution in [2.45, 2.75) is 39.7 Å². The Balaban J connectivity index is 1.59. The molecule has 1 aliphatic rings. The maximum atomic E-state index is 12.6. The van der Waals surface area contributed by atoms with Crippen LogP contribution in [0.4, 0.5) is 0 Å². The van der Waals surface area contributed by atoms with E-state index >= 15 is 0 Å². The van der Waals surface area contributed by atoms with Crippen LogP contribution in [0.1, 0.15) is 39.9 Å². The van der Waals surface area contributed by atoms with Gasteiger partial charge in [-0.15, -0.1) is 0 Å². The lowest BCUT2D eigenvalue weighted by Crippen LogP contribution is -2.41. The molecule has 1 aliphatic heterocycles. The highest BCUT2D eigenvalue weighted by Gasteiger charge is 2.25. The molecule has 0 aliphatic carbocycles. The second-order valence-corrected chi connectivity index (χ2v) is 6.63. The number of carbonyl (C=O) groups is 1. The summed E-state index contributed by atoms with van der Waals surface area (Å²) in [5, 5.41) is 0. The Morgan fingerprint density at radius 2 is 1.83 bits per heavy atom. The summed E-state index contributed by atoms with van der Waals surface area (Å²) in [7, 11) is 0. The van der Waals surface area contributed by atoms with E-state index in [1.54, 1.807) is 12.4 Å². The predicted molar refractivity (Wildman–Crippen MR) is 94.4 cm³/mol. The van der Waals surface area contributed by atoms with Gasteiger partial charge in [-0.25, -0.2) is 0 Å². The van der Waals surface area contributed by atoms with Crippen LogP contribution in [0.2, 0.25) is 0 Å². The van der Waals surface area contributed by atoms with Crippen LogP contribution in [0, 0.1) is 20.8 Å². The fraction of sp³-hybridized carbons (Fsp3) is 0.400. The summed E-state index contributed by atoms with van der Waals surface area (Å²) >= 11 is 0. The Labute approximate surface area is 143 Å². The summed E-state index contributed by atoms with van der Waals surface area (Å²) in [4.78, 5) is 18.6. The van der Waals surface area contributed by atoms with Crippen LogP contribution < -0.4 is 4.74 Å². The minimum atomic E-state index is 0.0661. The third-order valence-corrected chi connectivity index (χ3v) is 4.49. The molecule has 0 N–H and O–H groups in total. The molecule has 0 radical (unpaired) electrons. The van der Waals surface area contributed by atoms with Gasteiger partial charge in [0.15, 0.2) is 0 Å². The largest absolute Gasteiger partial charge is 0.490 e. The van der Waals surface area contributed by atoms with Gasteiger partial charge < -0.3 is 9.64 Å². The standard InChI is InChI=1S/C20H24N2O2/c1-14-4-5-16(3)19(11-14)24-18-6-8-22(9-7-18)20(23)17-10-15(2)12-21-13-17/h4-5,10-13,18H,6-9H2,1-3H3. The van der Waals surface area contributed by atoms with E-state index in [2.05, 4.69) is 37.0 Å². The summed E-state index contributed by atoms with van der Waals surface area (Å²) in [6.45, 7) is 7.54. The molecule has 4 heteroatoms. The summed E-state index contributed by atoms with van der Waals surface area (Å²) in [6, 6.07) is 8.17. The van der Waals surface area contributed by atoms with E-state index in [9.17, 15) is 4.79 Å². The lowest BCUT2D eigenvalue weighted by atomic mass is 10.1. The predicted octanol–water partition coefficient (Wildman–Crippen LogP) is 3.69. The minimum Gasteiger partial charge on any atom is -0.490 e. The monoisotopic (exact) mass is 324 g/mol. The van der Waals surface area contributed by atoms with Gasteiger partial charge in [0.05, 0.1) is 5.56 Å². The minimum absolute atomic E-state index is 0.0661. The zero-order chi connectivity index (χ0) is 17.1. The van der Waals surface area contributed by atoms with Crippen molar-refractivity contribution in [1.82, 2.24) is 9.88 Å². The fourth-order valence-corrected chi connectivity index (χ4v) is 3.05. The molecule has 126 valence electrons. The van der Waals surface area contributed by atoms with E-state index < -0.39 is 0 Å². The van der Waals surface area contributed by atoms with Crippen LogP contribution in [0.25, 0.3) is 0 Å². The van der Waals surface area contributed by atoms with Gasteiger partial charge in [0.2, 0.25) is 0 Å². The third kappa shape index (κ3) is 3.75. The first-order valence-electron chi connectivity index (χ1n) is 8.48. The smallest absolute Gasteiger partial charge is 0.255 e. The fourth-order valence-electron chi connectivity index (χ4n) is 3.05. The van der Waals surface area contributed by atoms with E-state index in [0.29, 0.717) is 5.56 Å². The topological polar surface area (TPSA) is 42.4 Å². The average molecular weight is 324 g/mol. The van der Waals surface area contributed by atoms with E-state index in [1.807, 2.05) is 17.9 Å². The first kappa shape index (κ1) is 16.5. The normalized spacial score (nSPS) is 15.4. The van der Waals surface area contributed by atoms with Crippen LogP contribution in [0.15, 0.2) is 36.7 Å². The van der Waals surface area contributed by atoms with Crippen molar-refractivity contribution in [2.75, 3.05) is 13.1 Å². The quantitative estimate of drug-likeness (QED) is 0.865. The molecule has 0 bridgehead atoms. The molecule has 0 saturated carbocycles. The van der Waals surface area contributed by atoms with Gasteiger partial charge in [-0.05, 0) is 49.6 Å². The molecule has 1 amide bonds. The molecule has 2 heterocycles. The van der Waals surface area contributed by atoms with Crippen molar-refractivity contribution in [2.24, 2.45) is 0 Å². The Bertz CT molecular complexity index is 734. The van der Waals surface area contributed by atoms with E-state index in [-0.39, 0.29) is 12.0 Å². The van der Waals surface area contributed by atoms with Gasteiger partial charge in [0, 0.05) is 38.3 Å². The maximum Gasteiger partial charge on any atom is 0.255 e. The van der Waals surface area contributed by atoms with E-state index in [4.69, 9.17) is 4.74 Å². The zero-order valence-electron chi connectivity index (χ0n) is 14.6. The van der Waals surface area contributed by atoms with Crippen molar-refractivity contribution in [1.29, 1.82) is 0 Å². The molecule has 4 nitrogen and oxygen atoms in total. The Kier molecular flexibility index (Phi) is 4.84. The number of hydrogen-bond acceptors (Lipinski definition) is 3. The summed E-state index contributed by atoms with van der Waals surface area (Å²) in [5.74, 6) is 1.03. The number of ether oxygens (including phenoxy) is 1. The van der Waals surface area contributed by atoms with Crippen molar-refractivity contribution in [3.8, 4) is 5.75 Å². The number of aryl methyl sites for hydroxylation is 3. The van der Waals surface area contributed by atoms with Gasteiger partial charge in [-0.1, -0.05) is 12.1 Å². The van der Waals surface area contributed by atoms with Gasteiger partial charge in [-0.3, -0.25) is 9.78 Å². The molecular formula is C20H24N2O2. The van der Waals surface area contributed by atoms with Gasteiger partial charge in [0.1, 0.15) is 11.9 Å². The third-order valence-electron chi connectivity index (χ3n) is 4.49. The average Bonchev–Trinajstić information content (AvgIpc) is 2.58. The molecule has 0 unspecified atom stereocenters. The van der Waals surface area contributed by atoms with Crippen LogP contribution in [0.5, 0.6) is 5.75 Å². The molecule has 24 heavy (non-hydrogen) atoms. The lowest BCUT2D eigenvalue weighted by Gasteiger charge is -2.32. The van der Waals surface area contributed by atoms with E-state index in [0.717, 1.165) is 42.8 Å². The molecule has 0 atom stereocenters. The molecule has 3 rings (SSSR count). The van der Waals surface area contributed by atoms with Crippen LogP contribution in [-0.2, 0) is 0 Å². The Morgan fingerprint density at radius 1 is 1.08 bits per heavy atom. The van der Waals surface area contributed by atoms with Crippen LogP contribution >= 0.6 is 0 Å². The number of pyridine rings is 1. The molecular weight excluding hydrogens is 300 g/mol. The van der Waals surface area contributed by atoms with E-state index in [1.165, 1.54) is 5.56 Å². The zero-order valence-corrected chi connectivity index (χ0v) is 14.6. The number of benzene rings is 1. The first-order chi connectivity index (χ1) is 11.5. The molecule has 2 aromatic rings. The number of piperidine rings is 1. The van der Waals surface area contributed by atoms with Crippen molar-refractivity contribution in [3.05, 3.63) is 58.9 Å². The number of likely N-dealkylation sites (tertiary alicyclic amines) is 1. The Morgan fingerprint density at radius 3 is 2.54 bits per heavy atom. The number of hydrogen-bond donors (Lipinski definition) is 0. The number of nitrogens with zero attached hydrogens (tertiary/aromatic N) is 2. The number of rotatable bonds is 3. The highest BCUT2D eigenvalue weighted by Crippen LogP contribution is 2.24. The summed E-state index contributed by atoms with van der Waals surface area (Å²) in [5.41, 5.74) is 4.04. The van der Waals surface area contributed by atoms with Crippen molar-refractivity contribution < 1.29 is 9.53 Å². The van der Waals surface area contributed by atoms with Crippen molar-refractivity contribution in [3.63, 3.8) is 0 Å². The molecule has 1 aromatic heterocycles. The number of aromatic nitrogens is 1. The highest BCUT2D eigenvalue weighted by molar-refractivity contribution is 5.94. The lowest BCUT2D eigenvalue weighted by molar-refractivity contribution is 0.0594. The second kappa shape index (κ2) is 7.04. The summed E-state index contributed by atoms with van der Waals surface area (Å²) < 4.78 is 6.17. The molecule has 1 fully saturated rings. The van der Waals surface area contributed by atoms with Gasteiger partial charge in [-0.2, -0.15) is 0 Å². The first-order valence-corrected chi connectivity index (χ1v) is 8.48. The highest BCUT2D eigenvalue weighted by atomic mass is 16.5. The second-order valence-electron chi connectivity index (χ2n) is 6.63. The molecule has 0 spiro atoms.